The lowest BCUT2D eigenvalue weighted by Crippen LogP contribution is -2.07. The smallest absolute Gasteiger partial charge is 0.343 e. The van der Waals surface area contributed by atoms with Gasteiger partial charge in [-0.2, -0.15) is 0 Å². The number of aromatic nitrogens is 3. The van der Waals surface area contributed by atoms with Gasteiger partial charge in [-0.15, -0.1) is 0 Å². The van der Waals surface area contributed by atoms with Crippen LogP contribution in [0.4, 0.5) is 10.2 Å². The number of nitrogens with two attached hydrogens (primary N) is 1. The molecule has 4 aromatic rings. The van der Waals surface area contributed by atoms with E-state index in [1.807, 2.05) is 12.1 Å². The molecule has 2 aromatic carbocycles. The number of hydrogen-bond donors (Lipinski definition) is 1. The molecule has 2 aromatic heterocycles. The zero-order valence-electron chi connectivity index (χ0n) is 13.5. The molecular weight excluding hydrogens is 359 g/mol. The van der Waals surface area contributed by atoms with Gasteiger partial charge >= 0.3 is 5.97 Å². The minimum absolute atomic E-state index is 0.0654. The first-order valence-corrected chi connectivity index (χ1v) is 7.99. The molecule has 4 rings (SSSR count). The third-order valence-electron chi connectivity index (χ3n) is 4.04. The van der Waals surface area contributed by atoms with Gasteiger partial charge in [0.25, 0.3) is 0 Å². The second kappa shape index (κ2) is 5.96. The van der Waals surface area contributed by atoms with Gasteiger partial charge < -0.3 is 10.5 Å². The van der Waals surface area contributed by atoms with Crippen molar-refractivity contribution in [1.82, 2.24) is 14.5 Å². The molecule has 0 unspecified atom stereocenters. The summed E-state index contributed by atoms with van der Waals surface area (Å²) in [4.78, 5) is 21.4. The number of rotatable bonds is 2. The van der Waals surface area contributed by atoms with Crippen molar-refractivity contribution in [2.45, 2.75) is 0 Å². The molecule has 8 heteroatoms. The van der Waals surface area contributed by atoms with Crippen LogP contribution in [-0.2, 0) is 4.74 Å². The van der Waals surface area contributed by atoms with E-state index < -0.39 is 11.8 Å². The summed E-state index contributed by atoms with van der Waals surface area (Å²) in [7, 11) is 1.25. The quantitative estimate of drug-likeness (QED) is 0.543. The van der Waals surface area contributed by atoms with Gasteiger partial charge in [0.05, 0.1) is 28.9 Å². The van der Waals surface area contributed by atoms with Crippen LogP contribution in [0.15, 0.2) is 42.5 Å². The Balaban J connectivity index is 2.16. The highest BCUT2D eigenvalue weighted by molar-refractivity contribution is 6.32. The molecule has 0 spiro atoms. The molecule has 2 heterocycles. The topological polar surface area (TPSA) is 83.0 Å². The van der Waals surface area contributed by atoms with Gasteiger partial charge in [0, 0.05) is 0 Å². The van der Waals surface area contributed by atoms with Gasteiger partial charge in [-0.25, -0.2) is 19.2 Å². The van der Waals surface area contributed by atoms with E-state index in [4.69, 9.17) is 22.1 Å². The Morgan fingerprint density at radius 2 is 1.88 bits per heavy atom. The zero-order valence-corrected chi connectivity index (χ0v) is 14.3. The Kier molecular flexibility index (Phi) is 3.73. The summed E-state index contributed by atoms with van der Waals surface area (Å²) < 4.78 is 19.8. The summed E-state index contributed by atoms with van der Waals surface area (Å²) in [5.41, 5.74) is 8.53. The molecule has 0 fully saturated rings. The molecule has 0 aliphatic rings. The largest absolute Gasteiger partial charge is 0.465 e. The number of methoxy groups -OCH3 is 1. The van der Waals surface area contributed by atoms with Crippen LogP contribution in [0.5, 0.6) is 0 Å². The van der Waals surface area contributed by atoms with Gasteiger partial charge in [0.2, 0.25) is 0 Å². The molecule has 26 heavy (non-hydrogen) atoms. The highest BCUT2D eigenvalue weighted by Crippen LogP contribution is 2.34. The van der Waals surface area contributed by atoms with Gasteiger partial charge in [0.15, 0.2) is 5.65 Å². The first-order valence-electron chi connectivity index (χ1n) is 7.61. The molecule has 0 bridgehead atoms. The second-order valence-electron chi connectivity index (χ2n) is 5.57. The number of anilines is 1. The number of esters is 1. The van der Waals surface area contributed by atoms with E-state index in [0.717, 1.165) is 6.07 Å². The van der Waals surface area contributed by atoms with Crippen molar-refractivity contribution in [3.8, 4) is 5.69 Å². The lowest BCUT2D eigenvalue weighted by Gasteiger charge is -2.10. The van der Waals surface area contributed by atoms with Crippen molar-refractivity contribution in [3.05, 3.63) is 58.9 Å². The molecule has 0 atom stereocenters. The van der Waals surface area contributed by atoms with E-state index >= 15 is 0 Å². The van der Waals surface area contributed by atoms with Gasteiger partial charge in [-0.1, -0.05) is 23.7 Å². The lowest BCUT2D eigenvalue weighted by molar-refractivity contribution is 0.0604. The van der Waals surface area contributed by atoms with Crippen LogP contribution in [0.3, 0.4) is 0 Å². The molecule has 2 N–H and O–H groups in total. The minimum atomic E-state index is -0.644. The van der Waals surface area contributed by atoms with Crippen LogP contribution in [0.25, 0.3) is 27.9 Å². The van der Waals surface area contributed by atoms with Gasteiger partial charge in [0.1, 0.15) is 22.7 Å². The number of fused-ring (bicyclic) bond motifs is 2. The summed E-state index contributed by atoms with van der Waals surface area (Å²) >= 11 is 6.20. The van der Waals surface area contributed by atoms with Crippen LogP contribution in [0, 0.1) is 5.82 Å². The van der Waals surface area contributed by atoms with Gasteiger partial charge in [-0.3, -0.25) is 4.57 Å². The Morgan fingerprint density at radius 3 is 2.54 bits per heavy atom. The molecule has 130 valence electrons. The van der Waals surface area contributed by atoms with Crippen LogP contribution < -0.4 is 5.73 Å². The van der Waals surface area contributed by atoms with E-state index in [2.05, 4.69) is 9.97 Å². The number of hydrogen-bond acceptors (Lipinski definition) is 5. The molecule has 0 aliphatic carbocycles. The predicted molar refractivity (Wildman–Crippen MR) is 97.1 cm³/mol. The summed E-state index contributed by atoms with van der Waals surface area (Å²) in [5.74, 6) is -1.07. The van der Waals surface area contributed by atoms with Crippen molar-refractivity contribution in [2.24, 2.45) is 0 Å². The third kappa shape index (κ3) is 2.36. The molecule has 0 aliphatic heterocycles. The Labute approximate surface area is 152 Å². The first-order chi connectivity index (χ1) is 12.5. The highest BCUT2D eigenvalue weighted by Gasteiger charge is 2.26. The maximum Gasteiger partial charge on any atom is 0.343 e. The predicted octanol–water partition coefficient (Wildman–Crippen LogP) is 3.74. The number of halogens is 2. The third-order valence-corrected chi connectivity index (χ3v) is 4.34. The normalized spacial score (nSPS) is 11.2. The molecule has 0 saturated heterocycles. The molecule has 0 saturated carbocycles. The SMILES string of the molecule is COC(=O)c1c(N)n(-c2ccc(F)cc2Cl)c2nc3ccccc3nc12. The van der Waals surface area contributed by atoms with Crippen molar-refractivity contribution >= 4 is 45.6 Å². The maximum absolute atomic E-state index is 13.4. The lowest BCUT2D eigenvalue weighted by atomic mass is 10.2. The number of carbonyl (C=O) groups is 1. The Bertz CT molecular complexity index is 1190. The van der Waals surface area contributed by atoms with Crippen LogP contribution in [0.1, 0.15) is 10.4 Å². The minimum Gasteiger partial charge on any atom is -0.465 e. The monoisotopic (exact) mass is 370 g/mol. The summed E-state index contributed by atoms with van der Waals surface area (Å²) in [6.45, 7) is 0. The van der Waals surface area contributed by atoms with Crippen LogP contribution in [0.2, 0.25) is 5.02 Å². The van der Waals surface area contributed by atoms with E-state index in [1.165, 1.54) is 23.8 Å². The number of benzene rings is 2. The number of nitrogen functional groups attached to an aromatic ring is 1. The fourth-order valence-corrected chi connectivity index (χ4v) is 3.12. The number of para-hydroxylation sites is 2. The first kappa shape index (κ1) is 16.3. The van der Waals surface area contributed by atoms with E-state index in [-0.39, 0.29) is 21.9 Å². The summed E-state index contributed by atoms with van der Waals surface area (Å²) in [6, 6.07) is 11.1. The number of nitrogens with zero attached hydrogens (tertiary/aromatic N) is 3. The second-order valence-corrected chi connectivity index (χ2v) is 5.97. The fraction of sp³-hybridized carbons (Fsp3) is 0.0556. The summed E-state index contributed by atoms with van der Waals surface area (Å²) in [5, 5.41) is 0.125. The van der Waals surface area contributed by atoms with Gasteiger partial charge in [-0.05, 0) is 30.3 Å². The standard InChI is InChI=1S/C18H12ClFN4O2/c1-26-18(25)14-15-17(23-12-5-3-2-4-11(12)22-15)24(16(14)21)13-7-6-9(20)8-10(13)19/h2-8H,21H2,1H3. The van der Waals surface area contributed by atoms with Crippen molar-refractivity contribution in [2.75, 3.05) is 12.8 Å². The molecule has 6 nitrogen and oxygen atoms in total. The van der Waals surface area contributed by atoms with Crippen molar-refractivity contribution in [1.29, 1.82) is 0 Å². The Morgan fingerprint density at radius 1 is 1.19 bits per heavy atom. The van der Waals surface area contributed by atoms with Crippen molar-refractivity contribution in [3.63, 3.8) is 0 Å². The average molecular weight is 371 g/mol. The van der Waals surface area contributed by atoms with Crippen molar-refractivity contribution < 1.29 is 13.9 Å². The number of carbonyl (C=O) groups excluding carboxylic acids is 1. The fourth-order valence-electron chi connectivity index (χ4n) is 2.87. The van der Waals surface area contributed by atoms with Crippen LogP contribution >= 0.6 is 11.6 Å². The highest BCUT2D eigenvalue weighted by atomic mass is 35.5. The number of ether oxygens (including phenoxy) is 1. The maximum atomic E-state index is 13.4. The van der Waals surface area contributed by atoms with E-state index in [9.17, 15) is 9.18 Å². The average Bonchev–Trinajstić information content (AvgIpc) is 2.90. The zero-order chi connectivity index (χ0) is 18.4. The molecule has 0 radical (unpaired) electrons. The molecular formula is C18H12ClFN4O2. The molecule has 0 amide bonds. The Hall–Kier alpha value is -3.19. The van der Waals surface area contributed by atoms with E-state index in [1.54, 1.807) is 12.1 Å². The van der Waals surface area contributed by atoms with E-state index in [0.29, 0.717) is 22.4 Å². The van der Waals surface area contributed by atoms with Crippen LogP contribution in [-0.4, -0.2) is 27.6 Å². The summed E-state index contributed by atoms with van der Waals surface area (Å²) in [6.07, 6.45) is 0.